The van der Waals surface area contributed by atoms with Crippen molar-refractivity contribution in [3.05, 3.63) is 29.1 Å². The smallest absolute Gasteiger partial charge is 0.418 e. The first-order chi connectivity index (χ1) is 7.77. The molecule has 0 aliphatic carbocycles. The van der Waals surface area contributed by atoms with Gasteiger partial charge in [-0.25, -0.2) is 9.18 Å². The third-order valence-corrected chi connectivity index (χ3v) is 1.94. The lowest BCUT2D eigenvalue weighted by Gasteiger charge is -2.11. The number of ether oxygens (including phenoxy) is 1. The molecule has 0 unspecified atom stereocenters. The van der Waals surface area contributed by atoms with E-state index in [4.69, 9.17) is 5.73 Å². The Hall–Kier alpha value is -1.79. The van der Waals surface area contributed by atoms with Gasteiger partial charge in [0.1, 0.15) is 5.82 Å². The fourth-order valence-electron chi connectivity index (χ4n) is 1.20. The number of esters is 1. The Morgan fingerprint density at radius 2 is 2.00 bits per heavy atom. The summed E-state index contributed by atoms with van der Waals surface area (Å²) < 4.78 is 54.8. The van der Waals surface area contributed by atoms with Crippen LogP contribution in [-0.2, 0) is 10.9 Å². The van der Waals surface area contributed by atoms with E-state index < -0.39 is 34.8 Å². The molecule has 2 N–H and O–H groups in total. The second-order valence-electron chi connectivity index (χ2n) is 3.14. The predicted octanol–water partition coefficient (Wildman–Crippen LogP) is 2.60. The van der Waals surface area contributed by atoms with Crippen LogP contribution in [0.25, 0.3) is 0 Å². The van der Waals surface area contributed by atoms with Gasteiger partial charge in [-0.3, -0.25) is 0 Å². The van der Waals surface area contributed by atoms with Crippen LogP contribution in [0.5, 0.6) is 0 Å². The number of nitrogen functional groups attached to an aromatic ring is 1. The van der Waals surface area contributed by atoms with Gasteiger partial charge in [0.25, 0.3) is 0 Å². The SMILES string of the molecule is CCOC(=O)c1cc(N)c(C(F)(F)F)cc1F. The van der Waals surface area contributed by atoms with Crippen LogP contribution in [0.4, 0.5) is 23.2 Å². The first-order valence-electron chi connectivity index (χ1n) is 4.60. The molecule has 0 saturated carbocycles. The minimum atomic E-state index is -4.77. The van der Waals surface area contributed by atoms with Crippen molar-refractivity contribution in [1.82, 2.24) is 0 Å². The molecule has 0 aromatic heterocycles. The molecule has 1 aromatic rings. The number of anilines is 1. The summed E-state index contributed by atoms with van der Waals surface area (Å²) in [6.07, 6.45) is -4.77. The average molecular weight is 251 g/mol. The topological polar surface area (TPSA) is 52.3 Å². The van der Waals surface area contributed by atoms with Gasteiger partial charge in [-0.2, -0.15) is 13.2 Å². The molecule has 0 fully saturated rings. The summed E-state index contributed by atoms with van der Waals surface area (Å²) in [5.74, 6) is -2.37. The zero-order valence-corrected chi connectivity index (χ0v) is 8.77. The van der Waals surface area contributed by atoms with E-state index >= 15 is 0 Å². The minimum absolute atomic E-state index is 0.0147. The third-order valence-electron chi connectivity index (χ3n) is 1.94. The van der Waals surface area contributed by atoms with Gasteiger partial charge in [0.2, 0.25) is 0 Å². The number of halogens is 4. The van der Waals surface area contributed by atoms with Crippen molar-refractivity contribution in [1.29, 1.82) is 0 Å². The number of nitrogens with two attached hydrogens (primary N) is 1. The number of benzene rings is 1. The largest absolute Gasteiger partial charge is 0.462 e. The first kappa shape index (κ1) is 13.3. The molecular weight excluding hydrogens is 242 g/mol. The lowest BCUT2D eigenvalue weighted by atomic mass is 10.1. The highest BCUT2D eigenvalue weighted by atomic mass is 19.4. The average Bonchev–Trinajstić information content (AvgIpc) is 2.19. The molecule has 1 aromatic carbocycles. The highest BCUT2D eigenvalue weighted by molar-refractivity contribution is 5.91. The molecule has 0 bridgehead atoms. The lowest BCUT2D eigenvalue weighted by molar-refractivity contribution is -0.137. The van der Waals surface area contributed by atoms with Gasteiger partial charge in [-0.05, 0) is 19.1 Å². The summed E-state index contributed by atoms with van der Waals surface area (Å²) in [6.45, 7) is 1.47. The fraction of sp³-hybridized carbons (Fsp3) is 0.300. The highest BCUT2D eigenvalue weighted by Gasteiger charge is 2.34. The monoisotopic (exact) mass is 251 g/mol. The van der Waals surface area contributed by atoms with E-state index in [2.05, 4.69) is 4.74 Å². The normalized spacial score (nSPS) is 11.4. The molecule has 0 radical (unpaired) electrons. The fourth-order valence-corrected chi connectivity index (χ4v) is 1.20. The number of carbonyl (C=O) groups is 1. The van der Waals surface area contributed by atoms with Crippen molar-refractivity contribution in [2.75, 3.05) is 12.3 Å². The number of carbonyl (C=O) groups excluding carboxylic acids is 1. The number of alkyl halides is 3. The van der Waals surface area contributed by atoms with E-state index in [0.29, 0.717) is 6.07 Å². The number of hydrogen-bond donors (Lipinski definition) is 1. The van der Waals surface area contributed by atoms with E-state index in [-0.39, 0.29) is 12.7 Å². The molecule has 0 aliphatic rings. The molecule has 0 heterocycles. The maximum atomic E-state index is 13.3. The molecule has 7 heteroatoms. The van der Waals surface area contributed by atoms with Crippen molar-refractivity contribution in [3.63, 3.8) is 0 Å². The molecule has 0 atom stereocenters. The predicted molar refractivity (Wildman–Crippen MR) is 51.8 cm³/mol. The molecule has 0 aliphatic heterocycles. The van der Waals surface area contributed by atoms with E-state index in [0.717, 1.165) is 0 Å². The second-order valence-corrected chi connectivity index (χ2v) is 3.14. The Bertz CT molecular complexity index is 443. The Kier molecular flexibility index (Phi) is 3.59. The van der Waals surface area contributed by atoms with Gasteiger partial charge in [0.05, 0.1) is 17.7 Å². The van der Waals surface area contributed by atoms with Crippen LogP contribution in [0, 0.1) is 5.82 Å². The van der Waals surface area contributed by atoms with E-state index in [1.165, 1.54) is 6.92 Å². The third kappa shape index (κ3) is 2.86. The van der Waals surface area contributed by atoms with Gasteiger partial charge in [-0.15, -0.1) is 0 Å². The zero-order valence-electron chi connectivity index (χ0n) is 8.77. The summed E-state index contributed by atoms with van der Waals surface area (Å²) in [4.78, 5) is 11.2. The highest BCUT2D eigenvalue weighted by Crippen LogP contribution is 2.34. The summed E-state index contributed by atoms with van der Waals surface area (Å²) in [7, 11) is 0. The van der Waals surface area contributed by atoms with Crippen molar-refractivity contribution < 1.29 is 27.1 Å². The molecule has 94 valence electrons. The second kappa shape index (κ2) is 4.60. The van der Waals surface area contributed by atoms with E-state index in [9.17, 15) is 22.4 Å². The molecule has 0 amide bonds. The van der Waals surface area contributed by atoms with E-state index in [1.807, 2.05) is 0 Å². The minimum Gasteiger partial charge on any atom is -0.462 e. The maximum absolute atomic E-state index is 13.3. The number of hydrogen-bond acceptors (Lipinski definition) is 3. The van der Waals surface area contributed by atoms with E-state index in [1.54, 1.807) is 0 Å². The van der Waals surface area contributed by atoms with Crippen molar-refractivity contribution in [2.24, 2.45) is 0 Å². The quantitative estimate of drug-likeness (QED) is 0.499. The van der Waals surface area contributed by atoms with Crippen LogP contribution < -0.4 is 5.73 Å². The Morgan fingerprint density at radius 1 is 1.41 bits per heavy atom. The van der Waals surface area contributed by atoms with Gasteiger partial charge in [0, 0.05) is 5.69 Å². The van der Waals surface area contributed by atoms with Crippen LogP contribution >= 0.6 is 0 Å². The molecular formula is C10H9F4NO2. The summed E-state index contributed by atoms with van der Waals surface area (Å²) in [5, 5.41) is 0. The Balaban J connectivity index is 3.23. The van der Waals surface area contributed by atoms with Crippen LogP contribution in [0.3, 0.4) is 0 Å². The Morgan fingerprint density at radius 3 is 2.47 bits per heavy atom. The number of rotatable bonds is 2. The first-order valence-corrected chi connectivity index (χ1v) is 4.60. The molecule has 3 nitrogen and oxygen atoms in total. The molecule has 17 heavy (non-hydrogen) atoms. The van der Waals surface area contributed by atoms with Gasteiger partial charge in [-0.1, -0.05) is 0 Å². The molecule has 0 saturated heterocycles. The van der Waals surface area contributed by atoms with Gasteiger partial charge in [0.15, 0.2) is 0 Å². The van der Waals surface area contributed by atoms with Crippen molar-refractivity contribution in [2.45, 2.75) is 13.1 Å². The summed E-state index contributed by atoms with van der Waals surface area (Å²) in [5.41, 5.74) is 2.47. The van der Waals surface area contributed by atoms with Crippen molar-refractivity contribution >= 4 is 11.7 Å². The van der Waals surface area contributed by atoms with Crippen LogP contribution in [0.1, 0.15) is 22.8 Å². The van der Waals surface area contributed by atoms with Gasteiger partial charge >= 0.3 is 12.1 Å². The Labute approximate surface area is 94.2 Å². The van der Waals surface area contributed by atoms with Gasteiger partial charge < -0.3 is 10.5 Å². The van der Waals surface area contributed by atoms with Crippen LogP contribution in [0.15, 0.2) is 12.1 Å². The summed E-state index contributed by atoms with van der Waals surface area (Å²) >= 11 is 0. The maximum Gasteiger partial charge on any atom is 0.418 e. The van der Waals surface area contributed by atoms with Crippen molar-refractivity contribution in [3.8, 4) is 0 Å². The molecule has 0 spiro atoms. The lowest BCUT2D eigenvalue weighted by Crippen LogP contribution is -2.13. The molecule has 1 rings (SSSR count). The van der Waals surface area contributed by atoms with Crippen LogP contribution in [0.2, 0.25) is 0 Å². The standard InChI is InChI=1S/C10H9F4NO2/c1-2-17-9(16)5-3-8(15)6(4-7(5)11)10(12,13)14/h3-4H,2,15H2,1H3. The van der Waals surface area contributed by atoms with Crippen LogP contribution in [-0.4, -0.2) is 12.6 Å². The zero-order chi connectivity index (χ0) is 13.2. The summed E-state index contributed by atoms with van der Waals surface area (Å²) in [6, 6.07) is 0.803.